The van der Waals surface area contributed by atoms with Crippen molar-refractivity contribution in [2.24, 2.45) is 4.99 Å². The van der Waals surface area contributed by atoms with Crippen molar-refractivity contribution in [3.63, 3.8) is 0 Å². The Balaban J connectivity index is 1.27. The van der Waals surface area contributed by atoms with Gasteiger partial charge in [0.05, 0.1) is 31.0 Å². The molecule has 59 heavy (non-hydrogen) atoms. The summed E-state index contributed by atoms with van der Waals surface area (Å²) in [5.74, 6) is -0.291. The van der Waals surface area contributed by atoms with Crippen LogP contribution < -0.4 is 9.64 Å². The Kier molecular flexibility index (Phi) is 14.4. The third-order valence-corrected chi connectivity index (χ3v) is 10.8. The lowest BCUT2D eigenvalue weighted by molar-refractivity contribution is -0.140. The van der Waals surface area contributed by atoms with Crippen molar-refractivity contribution >= 4 is 28.8 Å². The zero-order valence-corrected chi connectivity index (χ0v) is 35.1. The third kappa shape index (κ3) is 10.2. The minimum absolute atomic E-state index is 0.0343. The molecule has 0 atom stereocenters. The fourth-order valence-electron chi connectivity index (χ4n) is 6.44. The van der Waals surface area contributed by atoms with Gasteiger partial charge in [0.1, 0.15) is 31.3 Å². The van der Waals surface area contributed by atoms with E-state index in [4.69, 9.17) is 25.5 Å². The molecule has 0 spiro atoms. The van der Waals surface area contributed by atoms with Crippen LogP contribution in [0.15, 0.2) is 77.4 Å². The number of nitrogens with zero attached hydrogens (tertiary/aromatic N) is 6. The second-order valence-corrected chi connectivity index (χ2v) is 15.3. The normalized spacial score (nSPS) is 13.8. The number of hydrogen-bond acceptors (Lipinski definition) is 9. The number of carbonyl (C=O) groups excluding carboxylic acids is 1. The molecule has 0 fully saturated rings. The lowest BCUT2D eigenvalue weighted by Crippen LogP contribution is -2.22. The maximum atomic E-state index is 14.5. The van der Waals surface area contributed by atoms with Crippen molar-refractivity contribution in [3.05, 3.63) is 106 Å². The second kappa shape index (κ2) is 19.0. The van der Waals surface area contributed by atoms with E-state index in [-0.39, 0.29) is 66.2 Å². The highest BCUT2D eigenvalue weighted by Gasteiger charge is 2.39. The topological polar surface area (TPSA) is 105 Å². The minimum Gasteiger partial charge on any atom is -0.491 e. The number of hydrogen-bond donors (Lipinski definition) is 0. The molecule has 314 valence electrons. The van der Waals surface area contributed by atoms with E-state index < -0.39 is 23.4 Å². The van der Waals surface area contributed by atoms with Crippen molar-refractivity contribution < 1.29 is 36.9 Å². The van der Waals surface area contributed by atoms with Gasteiger partial charge < -0.3 is 23.8 Å². The number of ether oxygens (including phenoxy) is 4. The van der Waals surface area contributed by atoms with Gasteiger partial charge in [-0.2, -0.15) is 13.2 Å². The molecule has 11 nitrogen and oxygen atoms in total. The van der Waals surface area contributed by atoms with Crippen molar-refractivity contribution in [3.8, 4) is 17.1 Å². The molecule has 0 saturated carbocycles. The van der Waals surface area contributed by atoms with Crippen LogP contribution in [0.3, 0.4) is 0 Å². The first-order valence-corrected chi connectivity index (χ1v) is 19.9. The van der Waals surface area contributed by atoms with Crippen LogP contribution in [0.1, 0.15) is 90.7 Å². The Bertz CT molecular complexity index is 2200. The fourth-order valence-corrected chi connectivity index (χ4v) is 6.44. The summed E-state index contributed by atoms with van der Waals surface area (Å²) < 4.78 is 67.3. The first kappa shape index (κ1) is 44.6. The number of allylic oxidation sites excluding steroid dienone is 1. The van der Waals surface area contributed by atoms with Crippen LogP contribution in [-0.2, 0) is 36.0 Å². The van der Waals surface area contributed by atoms with Gasteiger partial charge in [0, 0.05) is 29.9 Å². The summed E-state index contributed by atoms with van der Waals surface area (Å²) in [6.07, 6.45) is -2.80. The molecule has 1 aliphatic heterocycles. The van der Waals surface area contributed by atoms with Crippen LogP contribution in [0.5, 0.6) is 5.75 Å². The second-order valence-electron chi connectivity index (χ2n) is 15.3. The highest BCUT2D eigenvalue weighted by Crippen LogP contribution is 2.41. The summed E-state index contributed by atoms with van der Waals surface area (Å²) >= 11 is 0. The molecule has 0 radical (unpaired) electrons. The van der Waals surface area contributed by atoms with Gasteiger partial charge in [-0.05, 0) is 67.3 Å². The van der Waals surface area contributed by atoms with E-state index in [9.17, 15) is 18.0 Å². The van der Waals surface area contributed by atoms with E-state index in [1.807, 2.05) is 19.9 Å². The number of fused-ring (bicyclic) bond motifs is 1. The zero-order chi connectivity index (χ0) is 43.0. The molecule has 1 aromatic heterocycles. The smallest absolute Gasteiger partial charge is 0.418 e. The molecule has 3 aromatic carbocycles. The Labute approximate surface area is 344 Å². The quantitative estimate of drug-likeness (QED) is 0.0399. The van der Waals surface area contributed by atoms with Gasteiger partial charge in [-0.25, -0.2) is 24.3 Å². The van der Waals surface area contributed by atoms with E-state index in [0.717, 1.165) is 34.9 Å². The van der Waals surface area contributed by atoms with Gasteiger partial charge >= 0.3 is 12.1 Å². The van der Waals surface area contributed by atoms with E-state index in [2.05, 4.69) is 73.6 Å². The molecule has 0 aliphatic carbocycles. The summed E-state index contributed by atoms with van der Waals surface area (Å²) in [7, 11) is 0. The number of benzene rings is 3. The Morgan fingerprint density at radius 2 is 1.53 bits per heavy atom. The van der Waals surface area contributed by atoms with Crippen molar-refractivity contribution in [1.82, 2.24) is 14.8 Å². The highest BCUT2D eigenvalue weighted by molar-refractivity contribution is 6.29. The van der Waals surface area contributed by atoms with Crippen LogP contribution in [-0.4, -0.2) is 72.9 Å². The third-order valence-electron chi connectivity index (χ3n) is 10.8. The van der Waals surface area contributed by atoms with Gasteiger partial charge in [-0.1, -0.05) is 84.0 Å². The standard InChI is InChI=1S/C45H53F3N6O5/c1-10-43(5,6)31-19-22-36(34(27-31)44(7,8)11-2)58-25-23-56-29-57-24-26-59-42(55)37-38(49-9)41(54-40(37)51-39(52-54)30-17-15-14-16-18-30)50-35-21-20-32(53(12-3)13-4)28-33(35)45(46,47)48/h14-22,27-28H,10-13,23-26,29H2,1-8H3. The van der Waals surface area contributed by atoms with Crippen molar-refractivity contribution in [2.75, 3.05) is 51.2 Å². The van der Waals surface area contributed by atoms with E-state index in [0.29, 0.717) is 30.9 Å². The van der Waals surface area contributed by atoms with Crippen LogP contribution in [0.4, 0.5) is 24.5 Å². The van der Waals surface area contributed by atoms with Crippen LogP contribution >= 0.6 is 0 Å². The average molecular weight is 815 g/mol. The molecule has 0 N–H and O–H groups in total. The number of aromatic nitrogens is 3. The minimum atomic E-state index is -4.77. The van der Waals surface area contributed by atoms with Crippen LogP contribution in [0, 0.1) is 6.57 Å². The lowest BCUT2D eigenvalue weighted by Gasteiger charge is -2.30. The molecule has 0 amide bonds. The fraction of sp³-hybridized carbons (Fsp3) is 0.444. The number of carbonyl (C=O) groups is 1. The molecule has 4 aromatic rings. The summed E-state index contributed by atoms with van der Waals surface area (Å²) in [5, 5.41) is 4.48. The number of anilines is 1. The number of halogens is 3. The predicted octanol–water partition coefficient (Wildman–Crippen LogP) is 10.0. The number of aliphatic imine (C=N–C) groups is 1. The summed E-state index contributed by atoms with van der Waals surface area (Å²) in [6.45, 7) is 26.1. The van der Waals surface area contributed by atoms with Gasteiger partial charge in [0.15, 0.2) is 17.5 Å². The molecular formula is C45H53F3N6O5. The largest absolute Gasteiger partial charge is 0.491 e. The van der Waals surface area contributed by atoms with Gasteiger partial charge in [0.25, 0.3) is 0 Å². The summed E-state index contributed by atoms with van der Waals surface area (Å²) in [6, 6.07) is 19.1. The van der Waals surface area contributed by atoms with E-state index >= 15 is 0 Å². The van der Waals surface area contributed by atoms with Gasteiger partial charge in [0.2, 0.25) is 5.70 Å². The Morgan fingerprint density at radius 3 is 2.15 bits per heavy atom. The molecule has 0 saturated heterocycles. The first-order chi connectivity index (χ1) is 28.1. The predicted molar refractivity (Wildman–Crippen MR) is 223 cm³/mol. The molecule has 1 aliphatic rings. The van der Waals surface area contributed by atoms with Crippen molar-refractivity contribution in [2.45, 2.75) is 85.2 Å². The van der Waals surface area contributed by atoms with E-state index in [1.54, 1.807) is 35.2 Å². The summed E-state index contributed by atoms with van der Waals surface area (Å²) in [4.78, 5) is 27.7. The molecule has 2 heterocycles. The molecular weight excluding hydrogens is 762 g/mol. The monoisotopic (exact) mass is 814 g/mol. The summed E-state index contributed by atoms with van der Waals surface area (Å²) in [5.41, 5.74) is 1.29. The zero-order valence-electron chi connectivity index (χ0n) is 35.1. The number of alkyl halides is 3. The number of esters is 1. The lowest BCUT2D eigenvalue weighted by atomic mass is 9.76. The Hall–Kier alpha value is -5.52. The highest BCUT2D eigenvalue weighted by atomic mass is 19.4. The maximum absolute atomic E-state index is 14.5. The SMILES string of the molecule is [C-]#[N+]C1=C(C(=O)OCCOCOCCOc2ccc(C(C)(C)CC)cc2C(C)(C)CC)c2nc(-c3ccccc3)nn2C1=Nc1ccc(N(CC)CC)cc1C(F)(F)F. The van der Waals surface area contributed by atoms with Crippen molar-refractivity contribution in [1.29, 1.82) is 0 Å². The van der Waals surface area contributed by atoms with Gasteiger partial charge in [-0.3, -0.25) is 0 Å². The molecule has 0 bridgehead atoms. The van der Waals surface area contributed by atoms with Gasteiger partial charge in [-0.15, -0.1) is 5.10 Å². The average Bonchev–Trinajstić information content (AvgIpc) is 3.78. The van der Waals surface area contributed by atoms with Crippen LogP contribution in [0.25, 0.3) is 21.8 Å². The maximum Gasteiger partial charge on any atom is 0.418 e. The number of rotatable bonds is 19. The first-order valence-electron chi connectivity index (χ1n) is 19.9. The molecule has 5 rings (SSSR count). The van der Waals surface area contributed by atoms with Crippen LogP contribution in [0.2, 0.25) is 0 Å². The molecule has 0 unspecified atom stereocenters. The Morgan fingerprint density at radius 1 is 0.847 bits per heavy atom. The molecule has 14 heteroatoms. The van der Waals surface area contributed by atoms with E-state index in [1.165, 1.54) is 17.7 Å².